The van der Waals surface area contributed by atoms with Crippen molar-refractivity contribution in [1.29, 1.82) is 0 Å². The fraction of sp³-hybridized carbons (Fsp3) is 0.154. The number of ether oxygens (including phenoxy) is 1. The van der Waals surface area contributed by atoms with Crippen LogP contribution < -0.4 is 10.5 Å². The maximum atomic E-state index is 13.4. The molecule has 1 aromatic carbocycles. The first-order chi connectivity index (χ1) is 8.25. The summed E-state index contributed by atoms with van der Waals surface area (Å²) in [6.45, 7) is 0.387. The molecule has 1 heterocycles. The van der Waals surface area contributed by atoms with Crippen LogP contribution in [0.3, 0.4) is 0 Å². The van der Waals surface area contributed by atoms with E-state index in [1.807, 2.05) is 18.2 Å². The van der Waals surface area contributed by atoms with Gasteiger partial charge in [0.1, 0.15) is 0 Å². The predicted molar refractivity (Wildman–Crippen MR) is 64.2 cm³/mol. The van der Waals surface area contributed by atoms with Crippen LogP contribution >= 0.6 is 0 Å². The summed E-state index contributed by atoms with van der Waals surface area (Å²) < 4.78 is 18.7. The molecule has 2 rings (SSSR count). The second kappa shape index (κ2) is 5.30. The zero-order valence-electron chi connectivity index (χ0n) is 9.27. The molecule has 0 fully saturated rings. The zero-order chi connectivity index (χ0) is 12.1. The van der Waals surface area contributed by atoms with E-state index in [4.69, 9.17) is 10.5 Å². The summed E-state index contributed by atoms with van der Waals surface area (Å²) in [4.78, 5) is 4.15. The molecule has 0 bridgehead atoms. The zero-order valence-corrected chi connectivity index (χ0v) is 9.27. The number of hydrogen-bond acceptors (Lipinski definition) is 3. The van der Waals surface area contributed by atoms with Gasteiger partial charge in [0.15, 0.2) is 11.6 Å². The smallest absolute Gasteiger partial charge is 0.167 e. The molecule has 88 valence electrons. The van der Waals surface area contributed by atoms with Crippen molar-refractivity contribution in [2.75, 3.05) is 12.3 Å². The van der Waals surface area contributed by atoms with Crippen molar-refractivity contribution in [2.24, 2.45) is 0 Å². The maximum Gasteiger partial charge on any atom is 0.167 e. The fourth-order valence-electron chi connectivity index (χ4n) is 1.45. The number of anilines is 1. The standard InChI is InChI=1S/C13H13FN2O/c14-12-9-10(15)4-5-13(12)17-8-6-11-3-1-2-7-16-11/h1-5,7,9H,6,8,15H2. The summed E-state index contributed by atoms with van der Waals surface area (Å²) in [5.41, 5.74) is 6.75. The van der Waals surface area contributed by atoms with Gasteiger partial charge in [-0.25, -0.2) is 4.39 Å². The highest BCUT2D eigenvalue weighted by atomic mass is 19.1. The highest BCUT2D eigenvalue weighted by molar-refractivity contribution is 5.42. The van der Waals surface area contributed by atoms with Crippen molar-refractivity contribution in [2.45, 2.75) is 6.42 Å². The molecule has 0 aliphatic heterocycles. The SMILES string of the molecule is Nc1ccc(OCCc2ccccn2)c(F)c1. The fourth-order valence-corrected chi connectivity index (χ4v) is 1.45. The minimum Gasteiger partial charge on any atom is -0.490 e. The van der Waals surface area contributed by atoms with Crippen molar-refractivity contribution in [3.05, 3.63) is 54.1 Å². The van der Waals surface area contributed by atoms with Crippen molar-refractivity contribution < 1.29 is 9.13 Å². The van der Waals surface area contributed by atoms with E-state index in [2.05, 4.69) is 4.98 Å². The Hall–Kier alpha value is -2.10. The number of nitrogen functional groups attached to an aromatic ring is 1. The van der Waals surface area contributed by atoms with E-state index in [0.29, 0.717) is 18.7 Å². The molecule has 2 N–H and O–H groups in total. The summed E-state index contributed by atoms with van der Waals surface area (Å²) >= 11 is 0. The lowest BCUT2D eigenvalue weighted by molar-refractivity contribution is 0.304. The summed E-state index contributed by atoms with van der Waals surface area (Å²) in [6, 6.07) is 10.1. The first kappa shape index (κ1) is 11.4. The van der Waals surface area contributed by atoms with E-state index < -0.39 is 5.82 Å². The lowest BCUT2D eigenvalue weighted by Crippen LogP contribution is -2.04. The van der Waals surface area contributed by atoms with E-state index in [1.54, 1.807) is 12.3 Å². The molecule has 0 saturated carbocycles. The first-order valence-corrected chi connectivity index (χ1v) is 5.33. The third kappa shape index (κ3) is 3.17. The normalized spacial score (nSPS) is 10.2. The Bertz CT molecular complexity index is 488. The minimum absolute atomic E-state index is 0.218. The predicted octanol–water partition coefficient (Wildman–Crippen LogP) is 2.42. The first-order valence-electron chi connectivity index (χ1n) is 5.33. The van der Waals surface area contributed by atoms with Gasteiger partial charge in [0.05, 0.1) is 6.61 Å². The monoisotopic (exact) mass is 232 g/mol. The highest BCUT2D eigenvalue weighted by Gasteiger charge is 2.03. The van der Waals surface area contributed by atoms with Gasteiger partial charge >= 0.3 is 0 Å². The number of hydrogen-bond donors (Lipinski definition) is 1. The lowest BCUT2D eigenvalue weighted by Gasteiger charge is -2.07. The van der Waals surface area contributed by atoms with E-state index in [9.17, 15) is 4.39 Å². The van der Waals surface area contributed by atoms with Crippen molar-refractivity contribution >= 4 is 5.69 Å². The number of benzene rings is 1. The van der Waals surface area contributed by atoms with Gasteiger partial charge in [0.25, 0.3) is 0 Å². The number of nitrogens with zero attached hydrogens (tertiary/aromatic N) is 1. The quantitative estimate of drug-likeness (QED) is 0.823. The van der Waals surface area contributed by atoms with Crippen LogP contribution in [-0.4, -0.2) is 11.6 Å². The number of rotatable bonds is 4. The number of nitrogens with two attached hydrogens (primary N) is 1. The molecule has 17 heavy (non-hydrogen) atoms. The van der Waals surface area contributed by atoms with Gasteiger partial charge in [-0.2, -0.15) is 0 Å². The van der Waals surface area contributed by atoms with Gasteiger partial charge in [-0.1, -0.05) is 6.07 Å². The van der Waals surface area contributed by atoms with Crippen LogP contribution in [0.5, 0.6) is 5.75 Å². The summed E-state index contributed by atoms with van der Waals surface area (Å²) in [7, 11) is 0. The molecule has 0 atom stereocenters. The molecular formula is C13H13FN2O. The van der Waals surface area contributed by atoms with E-state index in [-0.39, 0.29) is 5.75 Å². The van der Waals surface area contributed by atoms with Crippen LogP contribution in [0.2, 0.25) is 0 Å². The van der Waals surface area contributed by atoms with Crippen LogP contribution in [0.25, 0.3) is 0 Å². The van der Waals surface area contributed by atoms with Gasteiger partial charge in [0, 0.05) is 30.1 Å². The lowest BCUT2D eigenvalue weighted by atomic mass is 10.3. The number of aromatic nitrogens is 1. The van der Waals surface area contributed by atoms with Crippen molar-refractivity contribution in [3.8, 4) is 5.75 Å². The Balaban J connectivity index is 1.90. The Morgan fingerprint density at radius 1 is 1.24 bits per heavy atom. The molecule has 0 unspecified atom stereocenters. The molecule has 0 radical (unpaired) electrons. The van der Waals surface area contributed by atoms with Crippen LogP contribution in [-0.2, 0) is 6.42 Å². The number of halogens is 1. The highest BCUT2D eigenvalue weighted by Crippen LogP contribution is 2.19. The van der Waals surface area contributed by atoms with Gasteiger partial charge in [-0.3, -0.25) is 4.98 Å². The molecule has 0 amide bonds. The van der Waals surface area contributed by atoms with Gasteiger partial charge in [-0.15, -0.1) is 0 Å². The Morgan fingerprint density at radius 3 is 2.82 bits per heavy atom. The Labute approximate surface area is 99.1 Å². The summed E-state index contributed by atoms with van der Waals surface area (Å²) in [5, 5.41) is 0. The van der Waals surface area contributed by atoms with E-state index >= 15 is 0 Å². The maximum absolute atomic E-state index is 13.4. The second-order valence-electron chi connectivity index (χ2n) is 3.61. The Kier molecular flexibility index (Phi) is 3.55. The molecule has 0 aliphatic rings. The minimum atomic E-state index is -0.439. The van der Waals surface area contributed by atoms with Crippen LogP contribution in [0.15, 0.2) is 42.6 Å². The topological polar surface area (TPSA) is 48.1 Å². The van der Waals surface area contributed by atoms with Crippen LogP contribution in [0.1, 0.15) is 5.69 Å². The third-order valence-electron chi connectivity index (χ3n) is 2.30. The second-order valence-corrected chi connectivity index (χ2v) is 3.61. The van der Waals surface area contributed by atoms with E-state index in [0.717, 1.165) is 5.69 Å². The van der Waals surface area contributed by atoms with Gasteiger partial charge in [-0.05, 0) is 24.3 Å². The average Bonchev–Trinajstić information content (AvgIpc) is 2.33. The number of pyridine rings is 1. The Morgan fingerprint density at radius 2 is 2.12 bits per heavy atom. The molecule has 1 aromatic heterocycles. The largest absolute Gasteiger partial charge is 0.490 e. The molecule has 0 aliphatic carbocycles. The molecule has 0 saturated heterocycles. The van der Waals surface area contributed by atoms with Gasteiger partial charge < -0.3 is 10.5 Å². The third-order valence-corrected chi connectivity index (χ3v) is 2.30. The van der Waals surface area contributed by atoms with Crippen LogP contribution in [0.4, 0.5) is 10.1 Å². The molecule has 0 spiro atoms. The average molecular weight is 232 g/mol. The van der Waals surface area contributed by atoms with Crippen molar-refractivity contribution in [1.82, 2.24) is 4.98 Å². The van der Waals surface area contributed by atoms with E-state index in [1.165, 1.54) is 12.1 Å². The molecule has 3 nitrogen and oxygen atoms in total. The summed E-state index contributed by atoms with van der Waals surface area (Å²) in [6.07, 6.45) is 2.36. The van der Waals surface area contributed by atoms with Crippen LogP contribution in [0, 0.1) is 5.82 Å². The summed E-state index contributed by atoms with van der Waals surface area (Å²) in [5.74, 6) is -0.221. The van der Waals surface area contributed by atoms with Crippen molar-refractivity contribution in [3.63, 3.8) is 0 Å². The molecular weight excluding hydrogens is 219 g/mol. The van der Waals surface area contributed by atoms with Gasteiger partial charge in [0.2, 0.25) is 0 Å². The molecule has 2 aromatic rings. The molecule has 4 heteroatoms.